The van der Waals surface area contributed by atoms with E-state index in [1.54, 1.807) is 0 Å². The van der Waals surface area contributed by atoms with Crippen LogP contribution in [0, 0.1) is 20.8 Å². The zero-order valence-corrected chi connectivity index (χ0v) is 20.9. The highest BCUT2D eigenvalue weighted by Gasteiger charge is 2.41. The summed E-state index contributed by atoms with van der Waals surface area (Å²) in [6.45, 7) is 7.02. The van der Waals surface area contributed by atoms with Gasteiger partial charge in [0.25, 0.3) is 0 Å². The molecule has 0 spiro atoms. The molecule has 1 saturated heterocycles. The lowest BCUT2D eigenvalue weighted by atomic mass is 9.96. The summed E-state index contributed by atoms with van der Waals surface area (Å²) < 4.78 is 2.28. The molecule has 1 aliphatic rings. The zero-order valence-electron chi connectivity index (χ0n) is 19.4. The van der Waals surface area contributed by atoms with Gasteiger partial charge in [-0.2, -0.15) is 0 Å². The Balaban J connectivity index is 1.64. The molecular weight excluding hydrogens is 462 g/mol. The summed E-state index contributed by atoms with van der Waals surface area (Å²) in [6, 6.07) is 20.1. The van der Waals surface area contributed by atoms with Gasteiger partial charge in [0.05, 0.1) is 30.0 Å². The first-order valence-corrected chi connectivity index (χ1v) is 12.1. The Bertz CT molecular complexity index is 1340. The molecule has 1 aromatic carbocycles. The van der Waals surface area contributed by atoms with Gasteiger partial charge in [-0.3, -0.25) is 9.97 Å². The first kappa shape index (κ1) is 22.6. The minimum atomic E-state index is -0.0770. The molecule has 4 aromatic rings. The molecule has 172 valence electrons. The molecule has 0 bridgehead atoms. The van der Waals surface area contributed by atoms with E-state index in [9.17, 15) is 0 Å². The van der Waals surface area contributed by atoms with Crippen LogP contribution in [-0.2, 0) is 6.54 Å². The Morgan fingerprint density at radius 3 is 2.44 bits per heavy atom. The maximum atomic E-state index is 6.38. The Morgan fingerprint density at radius 1 is 0.971 bits per heavy atom. The molecule has 1 N–H and O–H groups in total. The number of nitrogens with one attached hydrogen (secondary N) is 1. The summed E-state index contributed by atoms with van der Waals surface area (Å²) in [7, 11) is 0. The largest absolute Gasteiger partial charge is 0.352 e. The quantitative estimate of drug-likeness (QED) is 0.349. The van der Waals surface area contributed by atoms with Gasteiger partial charge in [-0.1, -0.05) is 29.8 Å². The van der Waals surface area contributed by atoms with Crippen molar-refractivity contribution in [2.45, 2.75) is 39.4 Å². The van der Waals surface area contributed by atoms with Crippen LogP contribution in [0.15, 0.2) is 73.1 Å². The fourth-order valence-electron chi connectivity index (χ4n) is 4.86. The fraction of sp³-hybridized carbons (Fsp3) is 0.222. The van der Waals surface area contributed by atoms with E-state index >= 15 is 0 Å². The van der Waals surface area contributed by atoms with Crippen LogP contribution in [0.3, 0.4) is 0 Å². The third-order valence-electron chi connectivity index (χ3n) is 6.46. The number of thiocarbonyl (C=S) groups is 1. The lowest BCUT2D eigenvalue weighted by molar-refractivity contribution is 0.307. The number of aromatic nitrogens is 3. The Labute approximate surface area is 210 Å². The summed E-state index contributed by atoms with van der Waals surface area (Å²) in [6.07, 6.45) is 3.65. The average Bonchev–Trinajstić information content (AvgIpc) is 3.31. The van der Waals surface area contributed by atoms with Crippen molar-refractivity contribution in [1.29, 1.82) is 0 Å². The van der Waals surface area contributed by atoms with Crippen LogP contribution in [0.1, 0.15) is 46.0 Å². The maximum Gasteiger partial charge on any atom is 0.170 e. The monoisotopic (exact) mass is 487 g/mol. The molecule has 1 aliphatic heterocycles. The highest BCUT2D eigenvalue weighted by molar-refractivity contribution is 7.80. The highest BCUT2D eigenvalue weighted by Crippen LogP contribution is 2.42. The molecule has 3 aromatic heterocycles. The first-order chi connectivity index (χ1) is 16.4. The van der Waals surface area contributed by atoms with Gasteiger partial charge in [-0.05, 0) is 86.6 Å². The molecule has 4 heterocycles. The second kappa shape index (κ2) is 9.20. The van der Waals surface area contributed by atoms with Gasteiger partial charge < -0.3 is 14.8 Å². The fourth-order valence-corrected chi connectivity index (χ4v) is 5.33. The van der Waals surface area contributed by atoms with Crippen molar-refractivity contribution in [3.8, 4) is 5.69 Å². The van der Waals surface area contributed by atoms with E-state index in [1.165, 1.54) is 11.1 Å². The molecule has 34 heavy (non-hydrogen) atoms. The van der Waals surface area contributed by atoms with E-state index in [0.717, 1.165) is 33.5 Å². The molecule has 7 heteroatoms. The van der Waals surface area contributed by atoms with Gasteiger partial charge in [0, 0.05) is 34.5 Å². The number of benzene rings is 1. The lowest BCUT2D eigenvalue weighted by Gasteiger charge is -2.28. The van der Waals surface area contributed by atoms with Gasteiger partial charge in [0.2, 0.25) is 0 Å². The van der Waals surface area contributed by atoms with Gasteiger partial charge in [-0.25, -0.2) is 0 Å². The van der Waals surface area contributed by atoms with E-state index in [2.05, 4.69) is 63.7 Å². The van der Waals surface area contributed by atoms with Gasteiger partial charge in [0.1, 0.15) is 0 Å². The normalized spacial score (nSPS) is 17.8. The van der Waals surface area contributed by atoms with Gasteiger partial charge in [-0.15, -0.1) is 0 Å². The van der Waals surface area contributed by atoms with Crippen LogP contribution >= 0.6 is 23.8 Å². The molecule has 0 radical (unpaired) electrons. The van der Waals surface area contributed by atoms with E-state index in [4.69, 9.17) is 23.8 Å². The third-order valence-corrected chi connectivity index (χ3v) is 7.04. The summed E-state index contributed by atoms with van der Waals surface area (Å²) in [4.78, 5) is 11.4. The topological polar surface area (TPSA) is 46.0 Å². The third kappa shape index (κ3) is 4.08. The average molecular weight is 488 g/mol. The van der Waals surface area contributed by atoms with Crippen molar-refractivity contribution in [3.05, 3.63) is 112 Å². The first-order valence-electron chi connectivity index (χ1n) is 11.3. The molecule has 5 rings (SSSR count). The Kier molecular flexibility index (Phi) is 6.11. The van der Waals surface area contributed by atoms with Crippen molar-refractivity contribution >= 4 is 28.9 Å². The van der Waals surface area contributed by atoms with Crippen LogP contribution in [0.2, 0.25) is 5.02 Å². The smallest absolute Gasteiger partial charge is 0.170 e. The molecule has 1 fully saturated rings. The van der Waals surface area contributed by atoms with E-state index in [1.807, 2.05) is 54.9 Å². The highest BCUT2D eigenvalue weighted by atomic mass is 35.5. The number of aryl methyl sites for hydroxylation is 2. The molecule has 0 aliphatic carbocycles. The molecular formula is C27H26ClN5S. The van der Waals surface area contributed by atoms with Crippen LogP contribution in [0.25, 0.3) is 5.69 Å². The summed E-state index contributed by atoms with van der Waals surface area (Å²) >= 11 is 12.2. The number of hydrogen-bond acceptors (Lipinski definition) is 3. The van der Waals surface area contributed by atoms with Crippen molar-refractivity contribution < 1.29 is 0 Å². The van der Waals surface area contributed by atoms with Gasteiger partial charge >= 0.3 is 0 Å². The summed E-state index contributed by atoms with van der Waals surface area (Å²) in [5.74, 6) is 0. The molecule has 0 saturated carbocycles. The number of halogens is 1. The van der Waals surface area contributed by atoms with E-state index in [-0.39, 0.29) is 12.1 Å². The van der Waals surface area contributed by atoms with Crippen LogP contribution in [0.4, 0.5) is 0 Å². The van der Waals surface area contributed by atoms with E-state index in [0.29, 0.717) is 11.7 Å². The van der Waals surface area contributed by atoms with Crippen LogP contribution in [0.5, 0.6) is 0 Å². The number of rotatable bonds is 5. The summed E-state index contributed by atoms with van der Waals surface area (Å²) in [5.41, 5.74) is 7.70. The molecule has 5 nitrogen and oxygen atoms in total. The predicted octanol–water partition coefficient (Wildman–Crippen LogP) is 6.02. The van der Waals surface area contributed by atoms with Crippen LogP contribution < -0.4 is 5.32 Å². The van der Waals surface area contributed by atoms with Crippen LogP contribution in [-0.4, -0.2) is 24.5 Å². The predicted molar refractivity (Wildman–Crippen MR) is 140 cm³/mol. The number of pyridine rings is 2. The molecule has 0 unspecified atom stereocenters. The second-order valence-corrected chi connectivity index (χ2v) is 9.49. The minimum Gasteiger partial charge on any atom is -0.352 e. The van der Waals surface area contributed by atoms with Crippen molar-refractivity contribution in [2.75, 3.05) is 0 Å². The molecule has 2 atom stereocenters. The van der Waals surface area contributed by atoms with Gasteiger partial charge in [0.15, 0.2) is 5.11 Å². The zero-order chi connectivity index (χ0) is 23.8. The molecule has 0 amide bonds. The standard InChI is InChI=1S/C27H26ClN5S/c1-17-10-11-20(28)15-24(17)33-18(2)14-22(19(33)3)26-25(23-9-5-7-13-30-23)31-27(34)32(26)16-21-8-4-6-12-29-21/h4-15,25-26H,16H2,1-3H3,(H,31,34)/t25-,26+/m0/s1. The van der Waals surface area contributed by atoms with Crippen molar-refractivity contribution in [2.24, 2.45) is 0 Å². The Morgan fingerprint density at radius 2 is 1.74 bits per heavy atom. The van der Waals surface area contributed by atoms with Crippen molar-refractivity contribution in [1.82, 2.24) is 24.8 Å². The SMILES string of the molecule is Cc1ccc(Cl)cc1-n1c(C)cc([C@@H]2[C@H](c3ccccn3)NC(=S)N2Cc2ccccn2)c1C. The van der Waals surface area contributed by atoms with E-state index < -0.39 is 0 Å². The minimum absolute atomic E-state index is 0.0381. The Hall–Kier alpha value is -3.22. The second-order valence-electron chi connectivity index (χ2n) is 8.67. The number of hydrogen-bond donors (Lipinski definition) is 1. The summed E-state index contributed by atoms with van der Waals surface area (Å²) in [5, 5.41) is 4.97. The van der Waals surface area contributed by atoms with Crippen molar-refractivity contribution in [3.63, 3.8) is 0 Å². The lowest BCUT2D eigenvalue weighted by Crippen LogP contribution is -2.29. The number of nitrogens with zero attached hydrogens (tertiary/aromatic N) is 4. The maximum absolute atomic E-state index is 6.38.